The Morgan fingerprint density at radius 1 is 1.12 bits per heavy atom. The maximum Gasteiger partial charge on any atom is 0.0994 e. The highest BCUT2D eigenvalue weighted by Gasteiger charge is 2.39. The lowest BCUT2D eigenvalue weighted by Gasteiger charge is -2.37. The van der Waals surface area contributed by atoms with Gasteiger partial charge in [-0.2, -0.15) is 5.26 Å². The molecule has 1 aliphatic heterocycles. The number of aryl methyl sites for hydroxylation is 1. The molecule has 0 radical (unpaired) electrons. The molecular weight excluding hydrogens is 406 g/mol. The summed E-state index contributed by atoms with van der Waals surface area (Å²) in [5, 5.41) is 14.5. The van der Waals surface area contributed by atoms with Gasteiger partial charge in [0.15, 0.2) is 0 Å². The van der Waals surface area contributed by atoms with Crippen LogP contribution in [0.2, 0.25) is 0 Å². The predicted octanol–water partition coefficient (Wildman–Crippen LogP) is 7.28. The van der Waals surface area contributed by atoms with E-state index >= 15 is 0 Å². The summed E-state index contributed by atoms with van der Waals surface area (Å²) in [6, 6.07) is 14.1. The van der Waals surface area contributed by atoms with Gasteiger partial charge >= 0.3 is 0 Å². The SMILES string of the molecule is Cc1cc2c(cc1C#N)c(-c1cccc(NC(C)C)c1C)cn2C1CCC2(CCCO2)CC1. The Bertz CT molecular complexity index is 1210. The molecule has 1 spiro atoms. The Balaban J connectivity index is 1.61. The molecule has 1 aromatic heterocycles. The number of benzene rings is 2. The molecule has 2 heterocycles. The van der Waals surface area contributed by atoms with Gasteiger partial charge in [-0.1, -0.05) is 12.1 Å². The summed E-state index contributed by atoms with van der Waals surface area (Å²) < 4.78 is 8.69. The molecule has 1 saturated carbocycles. The van der Waals surface area contributed by atoms with Crippen LogP contribution in [-0.4, -0.2) is 22.8 Å². The first-order valence-electron chi connectivity index (χ1n) is 12.5. The van der Waals surface area contributed by atoms with Gasteiger partial charge in [-0.05, 0) is 101 Å². The minimum Gasteiger partial charge on any atom is -0.383 e. The standard InChI is InChI=1S/C29H35N3O/c1-19(2)31-27-8-5-7-24(21(27)4)26-18-32(28-15-20(3)22(17-30)16-25(26)28)23-9-12-29(13-10-23)11-6-14-33-29/h5,7-8,15-16,18-19,23,31H,6,9-14H2,1-4H3. The summed E-state index contributed by atoms with van der Waals surface area (Å²) in [5.74, 6) is 0. The fourth-order valence-corrected chi connectivity index (χ4v) is 5.99. The number of nitrogens with one attached hydrogen (secondary N) is 1. The minimum absolute atomic E-state index is 0.139. The number of ether oxygens (including phenoxy) is 1. The molecule has 1 aliphatic carbocycles. The number of rotatable bonds is 4. The second kappa shape index (κ2) is 8.54. The third-order valence-corrected chi connectivity index (χ3v) is 7.81. The van der Waals surface area contributed by atoms with E-state index in [4.69, 9.17) is 4.74 Å². The van der Waals surface area contributed by atoms with E-state index in [2.05, 4.69) is 80.2 Å². The first kappa shape index (κ1) is 22.0. The summed E-state index contributed by atoms with van der Waals surface area (Å²) in [7, 11) is 0. The topological polar surface area (TPSA) is 50.0 Å². The smallest absolute Gasteiger partial charge is 0.0994 e. The van der Waals surface area contributed by atoms with Crippen molar-refractivity contribution in [2.45, 2.75) is 83.9 Å². The van der Waals surface area contributed by atoms with Crippen molar-refractivity contribution in [1.82, 2.24) is 4.57 Å². The van der Waals surface area contributed by atoms with E-state index in [0.29, 0.717) is 12.1 Å². The Kier molecular flexibility index (Phi) is 5.70. The second-order valence-corrected chi connectivity index (χ2v) is 10.4. The molecule has 33 heavy (non-hydrogen) atoms. The van der Waals surface area contributed by atoms with Gasteiger partial charge in [0.25, 0.3) is 0 Å². The van der Waals surface area contributed by atoms with Crippen molar-refractivity contribution < 1.29 is 4.74 Å². The molecule has 1 saturated heterocycles. The largest absolute Gasteiger partial charge is 0.383 e. The van der Waals surface area contributed by atoms with Crippen LogP contribution in [0.4, 0.5) is 5.69 Å². The normalized spacial score (nSPS) is 22.8. The van der Waals surface area contributed by atoms with Crippen LogP contribution in [0.25, 0.3) is 22.0 Å². The first-order chi connectivity index (χ1) is 15.9. The first-order valence-corrected chi connectivity index (χ1v) is 12.5. The molecule has 4 heteroatoms. The number of nitriles is 1. The van der Waals surface area contributed by atoms with Gasteiger partial charge in [0, 0.05) is 47.0 Å². The zero-order chi connectivity index (χ0) is 23.2. The van der Waals surface area contributed by atoms with Gasteiger partial charge in [-0.15, -0.1) is 0 Å². The molecule has 4 nitrogen and oxygen atoms in total. The van der Waals surface area contributed by atoms with Crippen LogP contribution in [0.5, 0.6) is 0 Å². The fourth-order valence-electron chi connectivity index (χ4n) is 5.99. The summed E-state index contributed by atoms with van der Waals surface area (Å²) in [5.41, 5.74) is 8.09. The van der Waals surface area contributed by atoms with E-state index in [1.807, 2.05) is 0 Å². The average Bonchev–Trinajstić information content (AvgIpc) is 3.40. The molecule has 0 unspecified atom stereocenters. The summed E-state index contributed by atoms with van der Waals surface area (Å²) >= 11 is 0. The summed E-state index contributed by atoms with van der Waals surface area (Å²) in [4.78, 5) is 0. The van der Waals surface area contributed by atoms with Crippen molar-refractivity contribution in [2.24, 2.45) is 0 Å². The number of hydrogen-bond donors (Lipinski definition) is 1. The Labute approximate surface area is 197 Å². The highest BCUT2D eigenvalue weighted by Crippen LogP contribution is 2.45. The molecule has 2 aromatic carbocycles. The lowest BCUT2D eigenvalue weighted by molar-refractivity contribution is -0.0328. The molecule has 2 aliphatic rings. The second-order valence-electron chi connectivity index (χ2n) is 10.4. The molecule has 0 atom stereocenters. The third-order valence-electron chi connectivity index (χ3n) is 7.81. The van der Waals surface area contributed by atoms with Crippen molar-refractivity contribution in [2.75, 3.05) is 11.9 Å². The van der Waals surface area contributed by atoms with Crippen LogP contribution in [0.1, 0.15) is 75.1 Å². The molecule has 2 fully saturated rings. The van der Waals surface area contributed by atoms with Crippen LogP contribution < -0.4 is 5.32 Å². The van der Waals surface area contributed by atoms with E-state index in [1.54, 1.807) is 0 Å². The van der Waals surface area contributed by atoms with E-state index < -0.39 is 0 Å². The Hall–Kier alpha value is -2.77. The molecule has 3 aromatic rings. The van der Waals surface area contributed by atoms with Crippen molar-refractivity contribution >= 4 is 16.6 Å². The maximum atomic E-state index is 9.73. The molecule has 172 valence electrons. The average molecular weight is 442 g/mol. The van der Waals surface area contributed by atoms with E-state index in [9.17, 15) is 5.26 Å². The van der Waals surface area contributed by atoms with E-state index in [-0.39, 0.29) is 5.60 Å². The van der Waals surface area contributed by atoms with Gasteiger partial charge in [0.05, 0.1) is 17.2 Å². The van der Waals surface area contributed by atoms with Gasteiger partial charge in [-0.25, -0.2) is 0 Å². The van der Waals surface area contributed by atoms with Crippen molar-refractivity contribution in [3.05, 3.63) is 53.2 Å². The van der Waals surface area contributed by atoms with Crippen molar-refractivity contribution in [1.29, 1.82) is 5.26 Å². The number of fused-ring (bicyclic) bond motifs is 1. The monoisotopic (exact) mass is 441 g/mol. The van der Waals surface area contributed by atoms with E-state index in [0.717, 1.165) is 43.4 Å². The maximum absolute atomic E-state index is 9.73. The van der Waals surface area contributed by atoms with Crippen LogP contribution in [0.15, 0.2) is 36.5 Å². The molecular formula is C29H35N3O. The zero-order valence-corrected chi connectivity index (χ0v) is 20.4. The quantitative estimate of drug-likeness (QED) is 0.463. The Morgan fingerprint density at radius 2 is 1.91 bits per heavy atom. The molecule has 0 amide bonds. The van der Waals surface area contributed by atoms with Crippen molar-refractivity contribution in [3.8, 4) is 17.2 Å². The summed E-state index contributed by atoms with van der Waals surface area (Å²) in [6.07, 6.45) is 9.37. The number of hydrogen-bond acceptors (Lipinski definition) is 3. The van der Waals surface area contributed by atoms with Crippen LogP contribution in [0, 0.1) is 25.2 Å². The number of nitrogens with zero attached hydrogens (tertiary/aromatic N) is 2. The lowest BCUT2D eigenvalue weighted by Crippen LogP contribution is -2.33. The summed E-state index contributed by atoms with van der Waals surface area (Å²) in [6.45, 7) is 9.52. The number of anilines is 1. The predicted molar refractivity (Wildman–Crippen MR) is 136 cm³/mol. The van der Waals surface area contributed by atoms with Crippen LogP contribution >= 0.6 is 0 Å². The minimum atomic E-state index is 0.139. The highest BCUT2D eigenvalue weighted by molar-refractivity contribution is 5.99. The zero-order valence-electron chi connectivity index (χ0n) is 20.4. The Morgan fingerprint density at radius 3 is 2.58 bits per heavy atom. The van der Waals surface area contributed by atoms with Crippen LogP contribution in [-0.2, 0) is 4.74 Å². The van der Waals surface area contributed by atoms with Gasteiger partial charge < -0.3 is 14.6 Å². The number of aromatic nitrogens is 1. The third kappa shape index (κ3) is 3.93. The highest BCUT2D eigenvalue weighted by atomic mass is 16.5. The van der Waals surface area contributed by atoms with Gasteiger partial charge in [-0.3, -0.25) is 0 Å². The van der Waals surface area contributed by atoms with Crippen molar-refractivity contribution in [3.63, 3.8) is 0 Å². The van der Waals surface area contributed by atoms with E-state index in [1.165, 1.54) is 46.1 Å². The molecule has 5 rings (SSSR count). The molecule has 0 bridgehead atoms. The molecule has 1 N–H and O–H groups in total. The lowest BCUT2D eigenvalue weighted by atomic mass is 9.80. The van der Waals surface area contributed by atoms with Gasteiger partial charge in [0.2, 0.25) is 0 Å². The van der Waals surface area contributed by atoms with Gasteiger partial charge in [0.1, 0.15) is 0 Å². The van der Waals surface area contributed by atoms with Crippen LogP contribution in [0.3, 0.4) is 0 Å². The fraction of sp³-hybridized carbons (Fsp3) is 0.483.